The molecular weight excluding hydrogens is 142 g/mol. The van der Waals surface area contributed by atoms with Gasteiger partial charge in [0.25, 0.3) is 0 Å². The number of aromatic nitrogens is 2. The molecule has 0 saturated heterocycles. The Balaban J connectivity index is 2.40. The van der Waals surface area contributed by atoms with Crippen molar-refractivity contribution >= 4 is 12.1 Å². The first-order valence-corrected chi connectivity index (χ1v) is 3.21. The van der Waals surface area contributed by atoms with Gasteiger partial charge in [-0.05, 0) is 0 Å². The SMILES string of the molecule is CC(=O)/N=[C]\Cc1c[nH]cn1. The van der Waals surface area contributed by atoms with Crippen molar-refractivity contribution in [1.29, 1.82) is 0 Å². The molecule has 11 heavy (non-hydrogen) atoms. The number of H-pyrrole nitrogens is 1. The molecule has 4 nitrogen and oxygen atoms in total. The number of aliphatic imine (C=N–C) groups is 1. The van der Waals surface area contributed by atoms with Crippen LogP contribution in [0.25, 0.3) is 0 Å². The predicted molar refractivity (Wildman–Crippen MR) is 40.4 cm³/mol. The maximum Gasteiger partial charge on any atom is 0.242 e. The Morgan fingerprint density at radius 1 is 1.91 bits per heavy atom. The van der Waals surface area contributed by atoms with Crippen LogP contribution in [0.2, 0.25) is 0 Å². The Labute approximate surface area is 64.4 Å². The highest BCUT2D eigenvalue weighted by atomic mass is 16.1. The van der Waals surface area contributed by atoms with Crippen LogP contribution in [-0.2, 0) is 11.2 Å². The molecule has 1 aromatic rings. The fourth-order valence-corrected chi connectivity index (χ4v) is 0.619. The lowest BCUT2D eigenvalue weighted by molar-refractivity contribution is -0.115. The molecule has 1 rings (SSSR count). The Morgan fingerprint density at radius 3 is 3.27 bits per heavy atom. The molecule has 1 radical (unpaired) electrons. The first-order chi connectivity index (χ1) is 5.29. The summed E-state index contributed by atoms with van der Waals surface area (Å²) in [6.45, 7) is 1.39. The van der Waals surface area contributed by atoms with Crippen LogP contribution in [0.15, 0.2) is 17.5 Å². The molecule has 0 bridgehead atoms. The summed E-state index contributed by atoms with van der Waals surface area (Å²) in [4.78, 5) is 20.5. The van der Waals surface area contributed by atoms with Crippen molar-refractivity contribution in [3.63, 3.8) is 0 Å². The van der Waals surface area contributed by atoms with Gasteiger partial charge in [0.15, 0.2) is 0 Å². The van der Waals surface area contributed by atoms with Gasteiger partial charge < -0.3 is 4.98 Å². The molecule has 1 amide bonds. The maximum absolute atomic E-state index is 10.3. The number of rotatable bonds is 2. The minimum atomic E-state index is -0.236. The number of carbonyl (C=O) groups is 1. The summed E-state index contributed by atoms with van der Waals surface area (Å²) < 4.78 is 0. The molecule has 0 aliphatic rings. The zero-order chi connectivity index (χ0) is 8.10. The average molecular weight is 150 g/mol. The van der Waals surface area contributed by atoms with E-state index in [0.717, 1.165) is 5.69 Å². The molecule has 0 aliphatic carbocycles. The number of imidazole rings is 1. The topological polar surface area (TPSA) is 58.1 Å². The van der Waals surface area contributed by atoms with Crippen molar-refractivity contribution in [3.05, 3.63) is 18.2 Å². The number of hydrogen-bond acceptors (Lipinski definition) is 2. The quantitative estimate of drug-likeness (QED) is 0.622. The number of aromatic amines is 1. The predicted octanol–water partition coefficient (Wildman–Crippen LogP) is 0.446. The van der Waals surface area contributed by atoms with E-state index in [1.54, 1.807) is 12.5 Å². The third-order valence-corrected chi connectivity index (χ3v) is 1.05. The van der Waals surface area contributed by atoms with Crippen LogP contribution in [0, 0.1) is 0 Å². The second-order valence-corrected chi connectivity index (χ2v) is 2.03. The van der Waals surface area contributed by atoms with E-state index in [-0.39, 0.29) is 5.91 Å². The van der Waals surface area contributed by atoms with Gasteiger partial charge in [-0.2, -0.15) is 0 Å². The van der Waals surface area contributed by atoms with E-state index in [0.29, 0.717) is 6.42 Å². The van der Waals surface area contributed by atoms with Crippen LogP contribution in [0.3, 0.4) is 0 Å². The molecule has 1 heterocycles. The van der Waals surface area contributed by atoms with Crippen LogP contribution >= 0.6 is 0 Å². The van der Waals surface area contributed by atoms with Crippen LogP contribution in [0.1, 0.15) is 12.6 Å². The summed E-state index contributed by atoms with van der Waals surface area (Å²) in [5, 5.41) is 0. The van der Waals surface area contributed by atoms with Crippen molar-refractivity contribution < 1.29 is 4.79 Å². The summed E-state index contributed by atoms with van der Waals surface area (Å²) >= 11 is 0. The number of amides is 1. The van der Waals surface area contributed by atoms with E-state index in [4.69, 9.17) is 0 Å². The van der Waals surface area contributed by atoms with Gasteiger partial charge in [-0.1, -0.05) is 0 Å². The lowest BCUT2D eigenvalue weighted by atomic mass is 10.4. The number of hydrogen-bond donors (Lipinski definition) is 1. The largest absolute Gasteiger partial charge is 0.351 e. The van der Waals surface area contributed by atoms with E-state index in [1.165, 1.54) is 6.92 Å². The molecule has 0 saturated carbocycles. The van der Waals surface area contributed by atoms with Crippen LogP contribution in [-0.4, -0.2) is 22.1 Å². The molecule has 0 aromatic carbocycles. The zero-order valence-electron chi connectivity index (χ0n) is 6.16. The standard InChI is InChI=1S/C7H8N3O/c1-6(11)9-3-2-7-4-8-5-10-7/h4-5H,2H2,1H3,(H,8,10). The molecule has 0 atom stereocenters. The van der Waals surface area contributed by atoms with E-state index in [1.807, 2.05) is 0 Å². The monoisotopic (exact) mass is 150 g/mol. The second-order valence-electron chi connectivity index (χ2n) is 2.03. The van der Waals surface area contributed by atoms with Crippen molar-refractivity contribution in [1.82, 2.24) is 9.97 Å². The molecule has 0 fully saturated rings. The van der Waals surface area contributed by atoms with Gasteiger partial charge in [-0.3, -0.25) is 4.79 Å². The molecule has 1 N–H and O–H groups in total. The van der Waals surface area contributed by atoms with Gasteiger partial charge in [-0.25, -0.2) is 9.98 Å². The number of nitrogens with one attached hydrogen (secondary N) is 1. The highest BCUT2D eigenvalue weighted by Crippen LogP contribution is 1.89. The normalized spacial score (nSPS) is 10.6. The Morgan fingerprint density at radius 2 is 2.73 bits per heavy atom. The molecule has 0 spiro atoms. The van der Waals surface area contributed by atoms with E-state index in [2.05, 4.69) is 21.2 Å². The molecule has 4 heteroatoms. The smallest absolute Gasteiger partial charge is 0.242 e. The highest BCUT2D eigenvalue weighted by molar-refractivity contribution is 5.83. The van der Waals surface area contributed by atoms with Crippen molar-refractivity contribution in [2.24, 2.45) is 4.99 Å². The van der Waals surface area contributed by atoms with Crippen LogP contribution < -0.4 is 0 Å². The lowest BCUT2D eigenvalue weighted by Crippen LogP contribution is -1.89. The van der Waals surface area contributed by atoms with Crippen LogP contribution in [0.5, 0.6) is 0 Å². The fraction of sp³-hybridized carbons (Fsp3) is 0.286. The van der Waals surface area contributed by atoms with Crippen molar-refractivity contribution in [2.75, 3.05) is 0 Å². The summed E-state index contributed by atoms with van der Waals surface area (Å²) in [6, 6.07) is 0. The second kappa shape index (κ2) is 3.65. The molecular formula is C7H8N3O. The summed E-state index contributed by atoms with van der Waals surface area (Å²) in [6.07, 6.45) is 6.37. The first kappa shape index (κ1) is 7.65. The summed E-state index contributed by atoms with van der Waals surface area (Å²) in [5.41, 5.74) is 0.829. The highest BCUT2D eigenvalue weighted by Gasteiger charge is 1.90. The third-order valence-electron chi connectivity index (χ3n) is 1.05. The zero-order valence-corrected chi connectivity index (χ0v) is 6.16. The minimum absolute atomic E-state index is 0.236. The Bertz CT molecular complexity index is 251. The maximum atomic E-state index is 10.3. The molecule has 0 unspecified atom stereocenters. The van der Waals surface area contributed by atoms with Gasteiger partial charge in [0.05, 0.1) is 18.2 Å². The molecule has 1 aromatic heterocycles. The van der Waals surface area contributed by atoms with Gasteiger partial charge in [0.2, 0.25) is 5.91 Å². The molecule has 57 valence electrons. The third kappa shape index (κ3) is 2.75. The van der Waals surface area contributed by atoms with Gasteiger partial charge in [-0.15, -0.1) is 0 Å². The average Bonchev–Trinajstić information content (AvgIpc) is 2.39. The lowest BCUT2D eigenvalue weighted by Gasteiger charge is -1.82. The number of carbonyl (C=O) groups excluding carboxylic acids is 1. The van der Waals surface area contributed by atoms with Gasteiger partial charge in [0.1, 0.15) is 0 Å². The minimum Gasteiger partial charge on any atom is -0.351 e. The van der Waals surface area contributed by atoms with E-state index < -0.39 is 0 Å². The first-order valence-electron chi connectivity index (χ1n) is 3.21. The van der Waals surface area contributed by atoms with Gasteiger partial charge >= 0.3 is 0 Å². The Hall–Kier alpha value is -1.45. The van der Waals surface area contributed by atoms with Crippen molar-refractivity contribution in [2.45, 2.75) is 13.3 Å². The summed E-state index contributed by atoms with van der Waals surface area (Å²) in [5.74, 6) is -0.236. The van der Waals surface area contributed by atoms with Crippen LogP contribution in [0.4, 0.5) is 0 Å². The molecule has 0 aliphatic heterocycles. The van der Waals surface area contributed by atoms with E-state index >= 15 is 0 Å². The van der Waals surface area contributed by atoms with Crippen molar-refractivity contribution in [3.8, 4) is 0 Å². The Kier molecular flexibility index (Phi) is 2.54. The number of nitrogens with zero attached hydrogens (tertiary/aromatic N) is 2. The fourth-order valence-electron chi connectivity index (χ4n) is 0.619. The van der Waals surface area contributed by atoms with Gasteiger partial charge in [0, 0.05) is 19.5 Å². The summed E-state index contributed by atoms with van der Waals surface area (Å²) in [7, 11) is 0. The van der Waals surface area contributed by atoms with E-state index in [9.17, 15) is 4.79 Å².